The van der Waals surface area contributed by atoms with Crippen LogP contribution in [0.15, 0.2) is 36.4 Å². The van der Waals surface area contributed by atoms with Gasteiger partial charge in [0, 0.05) is 13.5 Å². The van der Waals surface area contributed by atoms with Gasteiger partial charge >= 0.3 is 0 Å². The molecule has 1 amide bonds. The van der Waals surface area contributed by atoms with E-state index in [1.807, 2.05) is 36.4 Å². The minimum absolute atomic E-state index is 0.348. The summed E-state index contributed by atoms with van der Waals surface area (Å²) in [6.07, 6.45) is 0. The maximum absolute atomic E-state index is 11.2. The number of ketones is 1. The van der Waals surface area contributed by atoms with Gasteiger partial charge in [0.25, 0.3) is 5.91 Å². The van der Waals surface area contributed by atoms with Crippen molar-refractivity contribution in [2.24, 2.45) is 0 Å². The number of nitrogens with one attached hydrogen (secondary N) is 1. The van der Waals surface area contributed by atoms with Gasteiger partial charge in [-0.25, -0.2) is 0 Å². The molecule has 0 heterocycles. The second kappa shape index (κ2) is 5.52. The Bertz CT molecular complexity index is 634. The molecule has 98 valence electrons. The summed E-state index contributed by atoms with van der Waals surface area (Å²) in [7, 11) is 1.63. The molecule has 0 aliphatic carbocycles. The molecule has 0 radical (unpaired) electrons. The largest absolute Gasteiger partial charge is 0.497 e. The summed E-state index contributed by atoms with van der Waals surface area (Å²) in [4.78, 5) is 22.0. The van der Waals surface area contributed by atoms with Gasteiger partial charge in [0.15, 0.2) is 0 Å². The van der Waals surface area contributed by atoms with E-state index in [0.717, 1.165) is 22.1 Å². The summed E-state index contributed by atoms with van der Waals surface area (Å²) in [5.41, 5.74) is 0.951. The molecular weight excluding hydrogens is 242 g/mol. The molecule has 4 heteroatoms. The summed E-state index contributed by atoms with van der Waals surface area (Å²) >= 11 is 0. The molecule has 0 bridgehead atoms. The van der Waals surface area contributed by atoms with Crippen LogP contribution in [0.5, 0.6) is 5.75 Å². The molecule has 2 rings (SSSR count). The molecule has 1 N–H and O–H groups in total. The fourth-order valence-electron chi connectivity index (χ4n) is 1.82. The van der Waals surface area contributed by atoms with E-state index in [0.29, 0.717) is 6.54 Å². The Morgan fingerprint density at radius 1 is 1.11 bits per heavy atom. The number of ether oxygens (including phenoxy) is 1. The van der Waals surface area contributed by atoms with Crippen molar-refractivity contribution in [3.63, 3.8) is 0 Å². The highest BCUT2D eigenvalue weighted by molar-refractivity contribution is 6.35. The maximum atomic E-state index is 11.2. The minimum atomic E-state index is -0.560. The molecular formula is C15H15NO3. The number of carbonyl (C=O) groups is 2. The van der Waals surface area contributed by atoms with Crippen molar-refractivity contribution in [1.29, 1.82) is 0 Å². The lowest BCUT2D eigenvalue weighted by Crippen LogP contribution is -2.28. The normalized spacial score (nSPS) is 10.2. The van der Waals surface area contributed by atoms with Crippen LogP contribution in [-0.4, -0.2) is 18.8 Å². The number of hydrogen-bond acceptors (Lipinski definition) is 3. The highest BCUT2D eigenvalue weighted by Gasteiger charge is 2.06. The van der Waals surface area contributed by atoms with Crippen LogP contribution in [0.25, 0.3) is 10.8 Å². The van der Waals surface area contributed by atoms with Gasteiger partial charge in [0.1, 0.15) is 5.75 Å². The van der Waals surface area contributed by atoms with Crippen LogP contribution in [0, 0.1) is 0 Å². The highest BCUT2D eigenvalue weighted by Crippen LogP contribution is 2.21. The van der Waals surface area contributed by atoms with Gasteiger partial charge < -0.3 is 10.1 Å². The van der Waals surface area contributed by atoms with Crippen molar-refractivity contribution in [3.8, 4) is 5.75 Å². The summed E-state index contributed by atoms with van der Waals surface area (Å²) < 4.78 is 5.16. The monoisotopic (exact) mass is 257 g/mol. The first-order chi connectivity index (χ1) is 9.10. The molecule has 2 aromatic rings. The molecule has 0 aromatic heterocycles. The van der Waals surface area contributed by atoms with E-state index in [2.05, 4.69) is 5.32 Å². The molecule has 19 heavy (non-hydrogen) atoms. The molecule has 0 saturated carbocycles. The van der Waals surface area contributed by atoms with Gasteiger partial charge in [-0.05, 0) is 34.5 Å². The predicted octanol–water partition coefficient (Wildman–Crippen LogP) is 2.05. The molecule has 0 atom stereocenters. The number of carbonyl (C=O) groups excluding carboxylic acids is 2. The van der Waals surface area contributed by atoms with Crippen LogP contribution in [0.1, 0.15) is 12.5 Å². The number of amides is 1. The van der Waals surface area contributed by atoms with E-state index in [9.17, 15) is 9.59 Å². The zero-order valence-corrected chi connectivity index (χ0v) is 10.9. The fourth-order valence-corrected chi connectivity index (χ4v) is 1.82. The first-order valence-electron chi connectivity index (χ1n) is 5.95. The van der Waals surface area contributed by atoms with Crippen LogP contribution in [0.2, 0.25) is 0 Å². The van der Waals surface area contributed by atoms with Crippen molar-refractivity contribution in [2.45, 2.75) is 13.5 Å². The van der Waals surface area contributed by atoms with Gasteiger partial charge in [-0.15, -0.1) is 0 Å². The molecule has 0 unspecified atom stereocenters. The number of Topliss-reactive ketones (excluding diaryl/α,β-unsaturated/α-hetero) is 1. The molecule has 0 aliphatic heterocycles. The van der Waals surface area contributed by atoms with E-state index < -0.39 is 11.7 Å². The van der Waals surface area contributed by atoms with Crippen LogP contribution in [-0.2, 0) is 16.1 Å². The first-order valence-corrected chi connectivity index (χ1v) is 5.95. The van der Waals surface area contributed by atoms with E-state index in [-0.39, 0.29) is 0 Å². The van der Waals surface area contributed by atoms with Gasteiger partial charge in [0.05, 0.1) is 7.11 Å². The number of hydrogen-bond donors (Lipinski definition) is 1. The number of methoxy groups -OCH3 is 1. The van der Waals surface area contributed by atoms with Crippen molar-refractivity contribution in [2.75, 3.05) is 7.11 Å². The summed E-state index contributed by atoms with van der Waals surface area (Å²) in [5.74, 6) is -0.231. The maximum Gasteiger partial charge on any atom is 0.287 e. The van der Waals surface area contributed by atoms with Crippen molar-refractivity contribution in [1.82, 2.24) is 5.32 Å². The van der Waals surface area contributed by atoms with Crippen LogP contribution in [0.4, 0.5) is 0 Å². The Kier molecular flexibility index (Phi) is 3.80. The zero-order valence-electron chi connectivity index (χ0n) is 10.9. The first kappa shape index (κ1) is 13.1. The lowest BCUT2D eigenvalue weighted by Gasteiger charge is -2.06. The smallest absolute Gasteiger partial charge is 0.287 e. The number of fused-ring (bicyclic) bond motifs is 1. The summed E-state index contributed by atoms with van der Waals surface area (Å²) in [6, 6.07) is 11.7. The lowest BCUT2D eigenvalue weighted by atomic mass is 10.1. The Morgan fingerprint density at radius 3 is 2.47 bits per heavy atom. The number of benzene rings is 2. The zero-order chi connectivity index (χ0) is 13.8. The third kappa shape index (κ3) is 3.10. The van der Waals surface area contributed by atoms with Crippen LogP contribution in [0.3, 0.4) is 0 Å². The molecule has 0 fully saturated rings. The molecule has 0 aliphatic rings. The van der Waals surface area contributed by atoms with Crippen LogP contribution >= 0.6 is 0 Å². The third-order valence-corrected chi connectivity index (χ3v) is 2.88. The Hall–Kier alpha value is -2.36. The van der Waals surface area contributed by atoms with Crippen molar-refractivity contribution >= 4 is 22.5 Å². The minimum Gasteiger partial charge on any atom is -0.497 e. The standard InChI is InChI=1S/C15H15NO3/c1-10(17)15(18)16-9-11-3-4-13-8-14(19-2)6-5-12(13)7-11/h3-8H,9H2,1-2H3,(H,16,18). The van der Waals surface area contributed by atoms with Crippen molar-refractivity contribution in [3.05, 3.63) is 42.0 Å². The fraction of sp³-hybridized carbons (Fsp3) is 0.200. The van der Waals surface area contributed by atoms with E-state index in [1.54, 1.807) is 7.11 Å². The quantitative estimate of drug-likeness (QED) is 0.853. The lowest BCUT2D eigenvalue weighted by molar-refractivity contribution is -0.136. The van der Waals surface area contributed by atoms with Gasteiger partial charge in [-0.1, -0.05) is 18.2 Å². The Morgan fingerprint density at radius 2 is 1.79 bits per heavy atom. The van der Waals surface area contributed by atoms with Gasteiger partial charge in [0.2, 0.25) is 5.78 Å². The average molecular weight is 257 g/mol. The third-order valence-electron chi connectivity index (χ3n) is 2.88. The molecule has 0 spiro atoms. The average Bonchev–Trinajstić information content (AvgIpc) is 2.43. The van der Waals surface area contributed by atoms with E-state index in [1.165, 1.54) is 6.92 Å². The van der Waals surface area contributed by atoms with Gasteiger partial charge in [-0.3, -0.25) is 9.59 Å². The van der Waals surface area contributed by atoms with Gasteiger partial charge in [-0.2, -0.15) is 0 Å². The Labute approximate surface area is 111 Å². The second-order valence-electron chi connectivity index (χ2n) is 4.29. The predicted molar refractivity (Wildman–Crippen MR) is 73.0 cm³/mol. The summed E-state index contributed by atoms with van der Waals surface area (Å²) in [5, 5.41) is 4.71. The number of rotatable bonds is 4. The molecule has 4 nitrogen and oxygen atoms in total. The van der Waals surface area contributed by atoms with E-state index >= 15 is 0 Å². The summed E-state index contributed by atoms with van der Waals surface area (Å²) in [6.45, 7) is 1.60. The van der Waals surface area contributed by atoms with Crippen LogP contribution < -0.4 is 10.1 Å². The SMILES string of the molecule is COc1ccc2cc(CNC(=O)C(C)=O)ccc2c1. The molecule has 2 aromatic carbocycles. The topological polar surface area (TPSA) is 55.4 Å². The molecule has 0 saturated heterocycles. The van der Waals surface area contributed by atoms with Crippen molar-refractivity contribution < 1.29 is 14.3 Å². The second-order valence-corrected chi connectivity index (χ2v) is 4.29. The van der Waals surface area contributed by atoms with E-state index in [4.69, 9.17) is 4.74 Å². The Balaban J connectivity index is 2.18. The highest BCUT2D eigenvalue weighted by atomic mass is 16.5.